The zero-order valence-corrected chi connectivity index (χ0v) is 8.36. The molecule has 1 aromatic rings. The molecule has 0 aliphatic heterocycles. The van der Waals surface area contributed by atoms with Crippen molar-refractivity contribution in [2.45, 2.75) is 25.7 Å². The van der Waals surface area contributed by atoms with Crippen molar-refractivity contribution < 1.29 is 9.53 Å². The molecule has 0 aromatic carbocycles. The minimum Gasteiger partial charge on any atom is -0.465 e. The molecule has 0 unspecified atom stereocenters. The lowest BCUT2D eigenvalue weighted by atomic mass is 10.1. The smallest absolute Gasteiger partial charge is 0.315 e. The Morgan fingerprint density at radius 1 is 1.64 bits per heavy atom. The Morgan fingerprint density at radius 2 is 2.43 bits per heavy atom. The molecule has 76 valence electrons. The van der Waals surface area contributed by atoms with Gasteiger partial charge in [-0.25, -0.2) is 0 Å². The van der Waals surface area contributed by atoms with E-state index in [0.717, 1.165) is 24.2 Å². The summed E-state index contributed by atoms with van der Waals surface area (Å²) >= 11 is 0. The number of aryl methyl sites for hydroxylation is 2. The third-order valence-corrected chi connectivity index (χ3v) is 2.38. The minimum atomic E-state index is -0.196. The van der Waals surface area contributed by atoms with Gasteiger partial charge in [0.2, 0.25) is 0 Å². The summed E-state index contributed by atoms with van der Waals surface area (Å²) in [6.07, 6.45) is 1.61. The normalized spacial score (nSPS) is 19.4. The van der Waals surface area contributed by atoms with Crippen molar-refractivity contribution in [2.75, 3.05) is 6.61 Å². The molecule has 1 heterocycles. The zero-order chi connectivity index (χ0) is 10.1. The molecule has 0 radical (unpaired) electrons. The van der Waals surface area contributed by atoms with E-state index in [-0.39, 0.29) is 11.9 Å². The molecule has 2 rings (SSSR count). The van der Waals surface area contributed by atoms with Crippen molar-refractivity contribution in [3.05, 3.63) is 11.4 Å². The highest BCUT2D eigenvalue weighted by Gasteiger charge is 2.33. The maximum atomic E-state index is 11.5. The van der Waals surface area contributed by atoms with E-state index in [1.54, 1.807) is 7.05 Å². The minimum absolute atomic E-state index is 0.174. The highest BCUT2D eigenvalue weighted by Crippen LogP contribution is 2.30. The topological polar surface area (TPSA) is 57.0 Å². The van der Waals surface area contributed by atoms with Crippen LogP contribution in [0, 0.1) is 0 Å². The molecular weight excluding hydrogens is 182 g/mol. The Bertz CT molecular complexity index is 359. The van der Waals surface area contributed by atoms with Gasteiger partial charge in [-0.05, 0) is 19.8 Å². The van der Waals surface area contributed by atoms with Crippen LogP contribution >= 0.6 is 0 Å². The summed E-state index contributed by atoms with van der Waals surface area (Å²) in [5.41, 5.74) is 1.73. The Balaban J connectivity index is 2.20. The van der Waals surface area contributed by atoms with Crippen LogP contribution in [-0.4, -0.2) is 27.6 Å². The van der Waals surface area contributed by atoms with Crippen LogP contribution in [-0.2, 0) is 23.0 Å². The molecule has 0 fully saturated rings. The number of carbonyl (C=O) groups excluding carboxylic acids is 1. The maximum absolute atomic E-state index is 11.5. The molecule has 1 aromatic heterocycles. The highest BCUT2D eigenvalue weighted by atomic mass is 16.5. The van der Waals surface area contributed by atoms with Crippen LogP contribution in [0.2, 0.25) is 0 Å². The molecule has 0 spiro atoms. The second-order valence-corrected chi connectivity index (χ2v) is 3.36. The monoisotopic (exact) mass is 195 g/mol. The molecule has 0 bridgehead atoms. The van der Waals surface area contributed by atoms with Crippen molar-refractivity contribution in [1.29, 1.82) is 0 Å². The number of carbonyl (C=O) groups is 1. The van der Waals surface area contributed by atoms with Crippen molar-refractivity contribution in [3.63, 3.8) is 0 Å². The Morgan fingerprint density at radius 3 is 3.14 bits per heavy atom. The van der Waals surface area contributed by atoms with Gasteiger partial charge in [-0.3, -0.25) is 4.79 Å². The van der Waals surface area contributed by atoms with Gasteiger partial charge < -0.3 is 4.74 Å². The first-order chi connectivity index (χ1) is 6.72. The Labute approximate surface area is 82.1 Å². The summed E-state index contributed by atoms with van der Waals surface area (Å²) in [7, 11) is 1.76. The number of rotatable bonds is 2. The third-order valence-electron chi connectivity index (χ3n) is 2.38. The van der Waals surface area contributed by atoms with E-state index in [1.165, 1.54) is 4.80 Å². The first kappa shape index (κ1) is 9.18. The van der Waals surface area contributed by atoms with Crippen LogP contribution in [0.4, 0.5) is 0 Å². The first-order valence-corrected chi connectivity index (χ1v) is 4.79. The van der Waals surface area contributed by atoms with E-state index in [4.69, 9.17) is 4.74 Å². The number of esters is 1. The second-order valence-electron chi connectivity index (χ2n) is 3.36. The predicted octanol–water partition coefficient (Wildman–Crippen LogP) is 0.408. The average Bonchev–Trinajstić information content (AvgIpc) is 2.62. The lowest BCUT2D eigenvalue weighted by Crippen LogP contribution is -2.14. The summed E-state index contributed by atoms with van der Waals surface area (Å²) in [6, 6.07) is 0. The molecule has 5 nitrogen and oxygen atoms in total. The van der Waals surface area contributed by atoms with Gasteiger partial charge in [-0.1, -0.05) is 0 Å². The fourth-order valence-electron chi connectivity index (χ4n) is 1.80. The molecule has 1 aliphatic rings. The number of hydrogen-bond acceptors (Lipinski definition) is 4. The van der Waals surface area contributed by atoms with Crippen LogP contribution in [0.15, 0.2) is 0 Å². The SMILES string of the molecule is CCOC(=O)[C@@H]1CCc2nn(C)nc21. The van der Waals surface area contributed by atoms with Gasteiger partial charge >= 0.3 is 5.97 Å². The van der Waals surface area contributed by atoms with Gasteiger partial charge in [0, 0.05) is 7.05 Å². The van der Waals surface area contributed by atoms with Crippen LogP contribution in [0.5, 0.6) is 0 Å². The number of aromatic nitrogens is 3. The van der Waals surface area contributed by atoms with Crippen molar-refractivity contribution in [3.8, 4) is 0 Å². The van der Waals surface area contributed by atoms with E-state index in [0.29, 0.717) is 6.61 Å². The van der Waals surface area contributed by atoms with Crippen molar-refractivity contribution >= 4 is 5.97 Å². The van der Waals surface area contributed by atoms with E-state index in [9.17, 15) is 4.79 Å². The summed E-state index contributed by atoms with van der Waals surface area (Å²) in [5, 5.41) is 8.36. The average molecular weight is 195 g/mol. The molecule has 14 heavy (non-hydrogen) atoms. The molecule has 1 atom stereocenters. The molecular formula is C9H13N3O2. The summed E-state index contributed by atoms with van der Waals surface area (Å²) in [5.74, 6) is -0.370. The number of hydrogen-bond donors (Lipinski definition) is 0. The van der Waals surface area contributed by atoms with Crippen molar-refractivity contribution in [2.24, 2.45) is 7.05 Å². The van der Waals surface area contributed by atoms with E-state index >= 15 is 0 Å². The van der Waals surface area contributed by atoms with E-state index < -0.39 is 0 Å². The van der Waals surface area contributed by atoms with Crippen LogP contribution < -0.4 is 0 Å². The van der Waals surface area contributed by atoms with Gasteiger partial charge in [-0.2, -0.15) is 15.0 Å². The van der Waals surface area contributed by atoms with Crippen molar-refractivity contribution in [1.82, 2.24) is 15.0 Å². The zero-order valence-electron chi connectivity index (χ0n) is 8.36. The fourth-order valence-corrected chi connectivity index (χ4v) is 1.80. The molecule has 0 saturated carbocycles. The fraction of sp³-hybridized carbons (Fsp3) is 0.667. The number of ether oxygens (including phenoxy) is 1. The van der Waals surface area contributed by atoms with Crippen LogP contribution in [0.3, 0.4) is 0 Å². The molecule has 5 heteroatoms. The quantitative estimate of drug-likeness (QED) is 0.641. The summed E-state index contributed by atoms with van der Waals surface area (Å²) < 4.78 is 4.98. The third kappa shape index (κ3) is 1.38. The highest BCUT2D eigenvalue weighted by molar-refractivity contribution is 5.78. The van der Waals surface area contributed by atoms with Gasteiger partial charge in [0.05, 0.1) is 12.3 Å². The van der Waals surface area contributed by atoms with Gasteiger partial charge in [0.25, 0.3) is 0 Å². The van der Waals surface area contributed by atoms with Gasteiger partial charge in [0.15, 0.2) is 0 Å². The van der Waals surface area contributed by atoms with Gasteiger partial charge in [-0.15, -0.1) is 0 Å². The second kappa shape index (κ2) is 3.40. The molecule has 0 N–H and O–H groups in total. The number of nitrogens with zero attached hydrogens (tertiary/aromatic N) is 3. The van der Waals surface area contributed by atoms with Gasteiger partial charge in [0.1, 0.15) is 11.6 Å². The predicted molar refractivity (Wildman–Crippen MR) is 48.7 cm³/mol. The standard InChI is InChI=1S/C9H13N3O2/c1-3-14-9(13)6-4-5-7-8(6)11-12(2)10-7/h6H,3-5H2,1-2H3/t6-/m1/s1. The summed E-state index contributed by atoms with van der Waals surface area (Å²) in [4.78, 5) is 13.0. The summed E-state index contributed by atoms with van der Waals surface area (Å²) in [6.45, 7) is 2.23. The molecule has 0 amide bonds. The van der Waals surface area contributed by atoms with Crippen LogP contribution in [0.1, 0.15) is 30.7 Å². The number of fused-ring (bicyclic) bond motifs is 1. The largest absolute Gasteiger partial charge is 0.465 e. The molecule has 0 saturated heterocycles. The Hall–Kier alpha value is -1.39. The lowest BCUT2D eigenvalue weighted by Gasteiger charge is -2.06. The Kier molecular flexibility index (Phi) is 2.23. The lowest BCUT2D eigenvalue weighted by molar-refractivity contribution is -0.145. The maximum Gasteiger partial charge on any atom is 0.315 e. The molecule has 1 aliphatic carbocycles. The van der Waals surface area contributed by atoms with Crippen LogP contribution in [0.25, 0.3) is 0 Å². The van der Waals surface area contributed by atoms with E-state index in [1.807, 2.05) is 6.92 Å². The van der Waals surface area contributed by atoms with E-state index in [2.05, 4.69) is 10.2 Å². The first-order valence-electron chi connectivity index (χ1n) is 4.79.